The first-order valence-corrected chi connectivity index (χ1v) is 8.39. The number of nitrogens with one attached hydrogen (secondary N) is 1. The van der Waals surface area contributed by atoms with E-state index in [2.05, 4.69) is 47.5 Å². The number of aliphatic hydroxyl groups is 1. The van der Waals surface area contributed by atoms with Gasteiger partial charge < -0.3 is 10.4 Å². The van der Waals surface area contributed by atoms with Gasteiger partial charge in [-0.1, -0.05) is 29.8 Å². The highest BCUT2D eigenvalue weighted by atomic mass is 16.3. The Morgan fingerprint density at radius 2 is 2.27 bits per heavy atom. The topological polar surface area (TPSA) is 35.5 Å². The number of allylic oxidation sites excluding steroid dienone is 1. The first-order valence-electron chi connectivity index (χ1n) is 8.39. The molecule has 1 spiro atoms. The van der Waals surface area contributed by atoms with Crippen LogP contribution in [0.15, 0.2) is 47.2 Å². The normalized spacial score (nSPS) is 37.3. The fraction of sp³-hybridized carbons (Fsp3) is 0.474. The van der Waals surface area contributed by atoms with E-state index in [1.54, 1.807) is 0 Å². The lowest BCUT2D eigenvalue weighted by molar-refractivity contribution is 0.156. The molecular weight excluding hydrogens is 272 g/mol. The molecule has 3 heterocycles. The zero-order valence-corrected chi connectivity index (χ0v) is 13.0. The molecule has 0 radical (unpaired) electrons. The van der Waals surface area contributed by atoms with E-state index in [4.69, 9.17) is 0 Å². The maximum Gasteiger partial charge on any atom is 0.0667 e. The average Bonchev–Trinajstić information content (AvgIpc) is 3.11. The van der Waals surface area contributed by atoms with Crippen LogP contribution in [0.25, 0.3) is 0 Å². The molecule has 3 heteroatoms. The van der Waals surface area contributed by atoms with E-state index in [-0.39, 0.29) is 12.0 Å². The van der Waals surface area contributed by atoms with Crippen molar-refractivity contribution < 1.29 is 5.11 Å². The third-order valence-electron chi connectivity index (χ3n) is 6.49. The molecule has 0 saturated carbocycles. The number of rotatable bonds is 1. The minimum absolute atomic E-state index is 0.102. The SMILES string of the molecule is C/C=C1/CN2CC[C@]34C(=C(CO)C1C[C@H]23)Nc1ccccc14. The van der Waals surface area contributed by atoms with Crippen molar-refractivity contribution in [1.82, 2.24) is 4.90 Å². The van der Waals surface area contributed by atoms with Crippen molar-refractivity contribution in [3.8, 4) is 0 Å². The quantitative estimate of drug-likeness (QED) is 0.782. The minimum atomic E-state index is 0.102. The average molecular weight is 294 g/mol. The molecule has 3 aliphatic heterocycles. The van der Waals surface area contributed by atoms with Gasteiger partial charge in [-0.05, 0) is 37.0 Å². The molecule has 1 aliphatic carbocycles. The summed E-state index contributed by atoms with van der Waals surface area (Å²) in [4.78, 5) is 2.67. The van der Waals surface area contributed by atoms with Gasteiger partial charge in [0.25, 0.3) is 0 Å². The lowest BCUT2D eigenvalue weighted by Gasteiger charge is -2.49. The Hall–Kier alpha value is -1.58. The predicted molar refractivity (Wildman–Crippen MR) is 87.7 cm³/mol. The molecule has 1 aromatic rings. The van der Waals surface area contributed by atoms with Crippen molar-refractivity contribution in [1.29, 1.82) is 0 Å². The Morgan fingerprint density at radius 3 is 3.09 bits per heavy atom. The summed E-state index contributed by atoms with van der Waals surface area (Å²) in [5, 5.41) is 13.8. The third-order valence-corrected chi connectivity index (χ3v) is 6.49. The monoisotopic (exact) mass is 294 g/mol. The van der Waals surface area contributed by atoms with Crippen LogP contribution in [0.3, 0.4) is 0 Å². The molecule has 3 nitrogen and oxygen atoms in total. The molecule has 0 amide bonds. The number of hydrogen-bond acceptors (Lipinski definition) is 3. The van der Waals surface area contributed by atoms with Crippen LogP contribution in [0, 0.1) is 5.92 Å². The van der Waals surface area contributed by atoms with Crippen LogP contribution in [-0.2, 0) is 5.41 Å². The maximum atomic E-state index is 10.1. The highest BCUT2D eigenvalue weighted by Gasteiger charge is 2.60. The summed E-state index contributed by atoms with van der Waals surface area (Å²) in [6.07, 6.45) is 4.60. The van der Waals surface area contributed by atoms with E-state index >= 15 is 0 Å². The Labute approximate surface area is 131 Å². The van der Waals surface area contributed by atoms with E-state index in [9.17, 15) is 5.11 Å². The summed E-state index contributed by atoms with van der Waals surface area (Å²) in [5.74, 6) is 0.430. The van der Waals surface area contributed by atoms with Crippen LogP contribution in [0.1, 0.15) is 25.3 Å². The zero-order chi connectivity index (χ0) is 14.9. The lowest BCUT2D eigenvalue weighted by atomic mass is 9.62. The molecule has 3 atom stereocenters. The van der Waals surface area contributed by atoms with E-state index < -0.39 is 0 Å². The summed E-state index contributed by atoms with van der Waals surface area (Å²) in [6.45, 7) is 4.55. The number of anilines is 1. The molecule has 5 rings (SSSR count). The smallest absolute Gasteiger partial charge is 0.0667 e. The van der Waals surface area contributed by atoms with E-state index in [0.717, 1.165) is 19.5 Å². The summed E-state index contributed by atoms with van der Waals surface area (Å²) in [5.41, 5.74) is 6.85. The molecule has 2 fully saturated rings. The van der Waals surface area contributed by atoms with E-state index in [0.29, 0.717) is 12.0 Å². The van der Waals surface area contributed by atoms with Gasteiger partial charge in [-0.2, -0.15) is 0 Å². The van der Waals surface area contributed by atoms with Gasteiger partial charge in [0.05, 0.1) is 12.0 Å². The first kappa shape index (κ1) is 12.9. The number of fused-ring (bicyclic) bond motifs is 2. The molecule has 2 saturated heterocycles. The molecule has 114 valence electrons. The van der Waals surface area contributed by atoms with Crippen LogP contribution < -0.4 is 5.32 Å². The van der Waals surface area contributed by atoms with Gasteiger partial charge in [-0.25, -0.2) is 0 Å². The summed E-state index contributed by atoms with van der Waals surface area (Å²) >= 11 is 0. The van der Waals surface area contributed by atoms with Crippen molar-refractivity contribution in [2.24, 2.45) is 5.92 Å². The summed E-state index contributed by atoms with van der Waals surface area (Å²) < 4.78 is 0. The Balaban J connectivity index is 1.81. The number of piperidine rings is 1. The molecular formula is C19H22N2O. The number of nitrogens with zero attached hydrogens (tertiary/aromatic N) is 1. The van der Waals surface area contributed by atoms with Crippen molar-refractivity contribution in [2.45, 2.75) is 31.2 Å². The highest BCUT2D eigenvalue weighted by Crippen LogP contribution is 2.60. The number of aliphatic hydroxyl groups excluding tert-OH is 1. The van der Waals surface area contributed by atoms with E-state index in [1.165, 1.54) is 34.5 Å². The maximum absolute atomic E-state index is 10.1. The van der Waals surface area contributed by atoms with Gasteiger partial charge >= 0.3 is 0 Å². The van der Waals surface area contributed by atoms with Crippen molar-refractivity contribution >= 4 is 5.69 Å². The molecule has 1 aromatic carbocycles. The summed E-state index contributed by atoms with van der Waals surface area (Å²) in [6, 6.07) is 9.33. The predicted octanol–water partition coefficient (Wildman–Crippen LogP) is 2.65. The number of para-hydroxylation sites is 1. The van der Waals surface area contributed by atoms with Crippen LogP contribution in [-0.4, -0.2) is 35.7 Å². The van der Waals surface area contributed by atoms with Gasteiger partial charge in [0.15, 0.2) is 0 Å². The number of hydrogen-bond donors (Lipinski definition) is 2. The van der Waals surface area contributed by atoms with Crippen molar-refractivity contribution in [3.05, 3.63) is 52.7 Å². The fourth-order valence-corrected chi connectivity index (χ4v) is 5.57. The molecule has 0 aromatic heterocycles. The second-order valence-electron chi connectivity index (χ2n) is 7.09. The van der Waals surface area contributed by atoms with Crippen LogP contribution in [0.2, 0.25) is 0 Å². The van der Waals surface area contributed by atoms with Gasteiger partial charge in [0.1, 0.15) is 0 Å². The van der Waals surface area contributed by atoms with Gasteiger partial charge in [0, 0.05) is 36.4 Å². The standard InChI is InChI=1S/C19H22N2O/c1-2-12-10-21-8-7-19-15-5-3-4-6-16(15)20-18(19)14(11-22)13(12)9-17(19)21/h2-6,13,17,20,22H,7-11H2,1H3/b12-2-/t13?,17-,19+/m0/s1. The van der Waals surface area contributed by atoms with E-state index in [1.807, 2.05) is 0 Å². The molecule has 2 N–H and O–H groups in total. The largest absolute Gasteiger partial charge is 0.392 e. The summed E-state index contributed by atoms with van der Waals surface area (Å²) in [7, 11) is 0. The van der Waals surface area contributed by atoms with Crippen LogP contribution in [0.4, 0.5) is 5.69 Å². The van der Waals surface area contributed by atoms with Crippen LogP contribution in [0.5, 0.6) is 0 Å². The highest BCUT2D eigenvalue weighted by molar-refractivity contribution is 5.72. The lowest BCUT2D eigenvalue weighted by Crippen LogP contribution is -2.52. The minimum Gasteiger partial charge on any atom is -0.392 e. The molecule has 22 heavy (non-hydrogen) atoms. The Morgan fingerprint density at radius 1 is 1.41 bits per heavy atom. The second-order valence-corrected chi connectivity index (χ2v) is 7.09. The third kappa shape index (κ3) is 1.31. The fourth-order valence-electron chi connectivity index (χ4n) is 5.57. The number of benzene rings is 1. The van der Waals surface area contributed by atoms with Crippen molar-refractivity contribution in [3.63, 3.8) is 0 Å². The van der Waals surface area contributed by atoms with Gasteiger partial charge in [-0.15, -0.1) is 0 Å². The van der Waals surface area contributed by atoms with Gasteiger partial charge in [-0.3, -0.25) is 4.90 Å². The van der Waals surface area contributed by atoms with Crippen molar-refractivity contribution in [2.75, 3.05) is 25.0 Å². The molecule has 4 aliphatic rings. The molecule has 1 unspecified atom stereocenters. The Bertz CT molecular complexity index is 720. The second kappa shape index (κ2) is 4.24. The first-order chi connectivity index (χ1) is 10.8. The van der Waals surface area contributed by atoms with Crippen LogP contribution >= 0.6 is 0 Å². The zero-order valence-electron chi connectivity index (χ0n) is 13.0. The molecule has 2 bridgehead atoms. The van der Waals surface area contributed by atoms with Gasteiger partial charge in [0.2, 0.25) is 0 Å². The Kier molecular flexibility index (Phi) is 2.49.